The lowest BCUT2D eigenvalue weighted by Crippen LogP contribution is -2.45. The van der Waals surface area contributed by atoms with E-state index in [2.05, 4.69) is 15.4 Å². The topological polar surface area (TPSA) is 112 Å². The molecule has 1 atom stereocenters. The molecule has 2 aromatic carbocycles. The number of pyridine rings is 1. The molecule has 3 N–H and O–H groups in total. The van der Waals surface area contributed by atoms with Crippen molar-refractivity contribution in [3.63, 3.8) is 0 Å². The zero-order valence-corrected chi connectivity index (χ0v) is 22.2. The number of ether oxygens (including phenoxy) is 1. The largest absolute Gasteiger partial charge is 0.478 e. The van der Waals surface area contributed by atoms with Gasteiger partial charge in [0.15, 0.2) is 0 Å². The zero-order valence-electron chi connectivity index (χ0n) is 20.7. The molecule has 2 heterocycles. The maximum Gasteiger partial charge on any atom is 0.240 e. The van der Waals surface area contributed by atoms with Crippen LogP contribution in [0.15, 0.2) is 73.1 Å². The summed E-state index contributed by atoms with van der Waals surface area (Å²) in [5.74, 6) is -0.388. The molecule has 2 amide bonds. The Labute approximate surface area is 230 Å². The maximum absolute atomic E-state index is 12.5. The number of rotatable bonds is 11. The molecule has 0 saturated heterocycles. The van der Waals surface area contributed by atoms with Gasteiger partial charge in [0.05, 0.1) is 28.0 Å². The second kappa shape index (κ2) is 12.6. The van der Waals surface area contributed by atoms with Crippen molar-refractivity contribution >= 4 is 35.0 Å². The van der Waals surface area contributed by atoms with Gasteiger partial charge in [-0.15, -0.1) is 0 Å². The molecular weight excluding hydrogens is 525 g/mol. The van der Waals surface area contributed by atoms with Gasteiger partial charge in [-0.2, -0.15) is 5.10 Å². The second-order valence-electron chi connectivity index (χ2n) is 8.79. The molecule has 0 aliphatic heterocycles. The van der Waals surface area contributed by atoms with Crippen molar-refractivity contribution in [3.05, 3.63) is 94.2 Å². The fraction of sp³-hybridized carbons (Fsp3) is 0.214. The van der Waals surface area contributed by atoms with E-state index in [1.807, 2.05) is 43.3 Å². The van der Waals surface area contributed by atoms with Crippen molar-refractivity contribution in [3.8, 4) is 22.8 Å². The van der Waals surface area contributed by atoms with E-state index in [0.717, 1.165) is 16.7 Å². The Hall–Kier alpha value is -3.88. The van der Waals surface area contributed by atoms with Crippen LogP contribution in [0, 0.1) is 6.92 Å². The smallest absolute Gasteiger partial charge is 0.240 e. The lowest BCUT2D eigenvalue weighted by Gasteiger charge is -2.16. The van der Waals surface area contributed by atoms with Crippen LogP contribution in [0.25, 0.3) is 16.9 Å². The first-order valence-electron chi connectivity index (χ1n) is 12.0. The van der Waals surface area contributed by atoms with Crippen LogP contribution >= 0.6 is 23.2 Å². The van der Waals surface area contributed by atoms with E-state index >= 15 is 0 Å². The van der Waals surface area contributed by atoms with Crippen LogP contribution in [0.2, 0.25) is 10.0 Å². The Morgan fingerprint density at radius 3 is 2.63 bits per heavy atom. The molecular formula is C28H27Cl2N5O3. The third-order valence-electron chi connectivity index (χ3n) is 5.78. The van der Waals surface area contributed by atoms with E-state index < -0.39 is 11.9 Å². The normalized spacial score (nSPS) is 11.7. The number of nitrogens with two attached hydrogens (primary N) is 1. The molecule has 38 heavy (non-hydrogen) atoms. The number of primary amides is 1. The Morgan fingerprint density at radius 1 is 1.08 bits per heavy atom. The van der Waals surface area contributed by atoms with Crippen LogP contribution < -0.4 is 15.8 Å². The van der Waals surface area contributed by atoms with Gasteiger partial charge in [0, 0.05) is 36.9 Å². The summed E-state index contributed by atoms with van der Waals surface area (Å²) >= 11 is 12.3. The van der Waals surface area contributed by atoms with Gasteiger partial charge in [-0.25, -0.2) is 4.68 Å². The number of nitrogens with zero attached hydrogens (tertiary/aromatic N) is 3. The molecule has 0 aliphatic carbocycles. The van der Waals surface area contributed by atoms with Crippen LogP contribution in [-0.2, 0) is 16.0 Å². The minimum Gasteiger partial charge on any atom is -0.478 e. The molecule has 0 aliphatic rings. The summed E-state index contributed by atoms with van der Waals surface area (Å²) < 4.78 is 7.63. The number of benzene rings is 2. The molecule has 0 bridgehead atoms. The minimum atomic E-state index is -0.789. The standard InChI is InChI=1S/C28H27Cl2N5O3/c1-18-5-2-6-19(13-18)14-25(28(31)37)33-26(36)8-4-12-38-27-16-24(20-7-3-11-32-17-20)34-35(27)21-9-10-22(29)23(30)15-21/h2-3,5-7,9-11,13,15-17,25H,4,8,12,14H2,1H3,(H2,31,37)(H,33,36)/t25-/m0/s1. The van der Waals surface area contributed by atoms with E-state index in [0.29, 0.717) is 40.1 Å². The van der Waals surface area contributed by atoms with Crippen molar-refractivity contribution in [2.75, 3.05) is 6.61 Å². The highest BCUT2D eigenvalue weighted by atomic mass is 35.5. The minimum absolute atomic E-state index is 0.161. The maximum atomic E-state index is 12.5. The molecule has 10 heteroatoms. The van der Waals surface area contributed by atoms with E-state index in [-0.39, 0.29) is 18.9 Å². The molecule has 196 valence electrons. The SMILES string of the molecule is Cc1cccc(C[C@H](NC(=O)CCCOc2cc(-c3cccnc3)nn2-c2ccc(Cl)c(Cl)c2)C(N)=O)c1. The average Bonchev–Trinajstić information content (AvgIpc) is 3.32. The van der Waals surface area contributed by atoms with E-state index in [1.54, 1.807) is 41.3 Å². The first kappa shape index (κ1) is 27.2. The third kappa shape index (κ3) is 7.12. The van der Waals surface area contributed by atoms with Crippen LogP contribution in [-0.4, -0.2) is 39.2 Å². The van der Waals surface area contributed by atoms with Gasteiger partial charge in [-0.1, -0.05) is 53.0 Å². The highest BCUT2D eigenvalue weighted by Gasteiger charge is 2.19. The molecule has 4 aromatic rings. The first-order chi connectivity index (χ1) is 18.3. The van der Waals surface area contributed by atoms with Gasteiger partial charge in [0.25, 0.3) is 0 Å². The number of hydrogen-bond donors (Lipinski definition) is 2. The number of halogens is 2. The van der Waals surface area contributed by atoms with Crippen molar-refractivity contribution in [2.24, 2.45) is 5.73 Å². The monoisotopic (exact) mass is 551 g/mol. The first-order valence-corrected chi connectivity index (χ1v) is 12.8. The molecule has 4 rings (SSSR count). The molecule has 2 aromatic heterocycles. The quantitative estimate of drug-likeness (QED) is 0.257. The van der Waals surface area contributed by atoms with E-state index in [4.69, 9.17) is 33.7 Å². The molecule has 0 fully saturated rings. The summed E-state index contributed by atoms with van der Waals surface area (Å²) in [6, 6.07) is 17.6. The number of carbonyl (C=O) groups is 2. The average molecular weight is 552 g/mol. The number of hydrogen-bond acceptors (Lipinski definition) is 5. The zero-order chi connectivity index (χ0) is 27.1. The second-order valence-corrected chi connectivity index (χ2v) is 9.60. The lowest BCUT2D eigenvalue weighted by atomic mass is 10.0. The summed E-state index contributed by atoms with van der Waals surface area (Å²) in [5, 5.41) is 8.22. The van der Waals surface area contributed by atoms with Crippen molar-refractivity contribution < 1.29 is 14.3 Å². The van der Waals surface area contributed by atoms with Gasteiger partial charge >= 0.3 is 0 Å². The molecule has 8 nitrogen and oxygen atoms in total. The van der Waals surface area contributed by atoms with Gasteiger partial charge in [-0.05, 0) is 49.2 Å². The van der Waals surface area contributed by atoms with E-state index in [1.165, 1.54) is 0 Å². The number of nitrogens with one attached hydrogen (secondary N) is 1. The Bertz CT molecular complexity index is 1430. The van der Waals surface area contributed by atoms with Crippen molar-refractivity contribution in [1.82, 2.24) is 20.1 Å². The molecule has 0 spiro atoms. The molecule has 0 radical (unpaired) electrons. The summed E-state index contributed by atoms with van der Waals surface area (Å²) in [4.78, 5) is 28.6. The van der Waals surface area contributed by atoms with E-state index in [9.17, 15) is 9.59 Å². The number of aryl methyl sites for hydroxylation is 1. The van der Waals surface area contributed by atoms with Crippen molar-refractivity contribution in [1.29, 1.82) is 0 Å². The predicted octanol–water partition coefficient (Wildman–Crippen LogP) is 4.92. The summed E-state index contributed by atoms with van der Waals surface area (Å²) in [6.07, 6.45) is 4.30. The van der Waals surface area contributed by atoms with Crippen molar-refractivity contribution in [2.45, 2.75) is 32.2 Å². The Balaban J connectivity index is 1.39. The highest BCUT2D eigenvalue weighted by molar-refractivity contribution is 6.42. The van der Waals surface area contributed by atoms with Crippen LogP contribution in [0.4, 0.5) is 0 Å². The third-order valence-corrected chi connectivity index (χ3v) is 6.52. The van der Waals surface area contributed by atoms with Gasteiger partial charge in [0.1, 0.15) is 6.04 Å². The van der Waals surface area contributed by atoms with Crippen LogP contribution in [0.3, 0.4) is 0 Å². The fourth-order valence-corrected chi connectivity index (χ4v) is 4.19. The molecule has 0 saturated carbocycles. The van der Waals surface area contributed by atoms with Crippen LogP contribution in [0.1, 0.15) is 24.0 Å². The highest BCUT2D eigenvalue weighted by Crippen LogP contribution is 2.29. The number of carbonyl (C=O) groups excluding carboxylic acids is 2. The van der Waals surface area contributed by atoms with Gasteiger partial charge in [-0.3, -0.25) is 14.6 Å². The number of aromatic nitrogens is 3. The lowest BCUT2D eigenvalue weighted by molar-refractivity contribution is -0.127. The predicted molar refractivity (Wildman–Crippen MR) is 148 cm³/mol. The Morgan fingerprint density at radius 2 is 1.92 bits per heavy atom. The van der Waals surface area contributed by atoms with Gasteiger partial charge < -0.3 is 15.8 Å². The number of amides is 2. The summed E-state index contributed by atoms with van der Waals surface area (Å²) in [6.45, 7) is 2.21. The summed E-state index contributed by atoms with van der Waals surface area (Å²) in [5.41, 5.74) is 9.69. The Kier molecular flexibility index (Phi) is 8.99. The fourth-order valence-electron chi connectivity index (χ4n) is 3.90. The van der Waals surface area contributed by atoms with Gasteiger partial charge in [0.2, 0.25) is 17.7 Å². The molecule has 0 unspecified atom stereocenters. The van der Waals surface area contributed by atoms with Crippen LogP contribution in [0.5, 0.6) is 5.88 Å². The summed E-state index contributed by atoms with van der Waals surface area (Å²) in [7, 11) is 0.